The molecule has 2 nitrogen and oxygen atoms in total. The van der Waals surface area contributed by atoms with Crippen LogP contribution in [0.5, 0.6) is 5.75 Å². The maximum Gasteiger partial charge on any atom is 0.123 e. The summed E-state index contributed by atoms with van der Waals surface area (Å²) in [7, 11) is 0. The second kappa shape index (κ2) is 7.68. The van der Waals surface area contributed by atoms with Gasteiger partial charge in [0.15, 0.2) is 0 Å². The van der Waals surface area contributed by atoms with E-state index in [4.69, 9.17) is 4.74 Å². The molecule has 0 fully saturated rings. The zero-order chi connectivity index (χ0) is 15.2. The van der Waals surface area contributed by atoms with Crippen LogP contribution >= 0.6 is 0 Å². The van der Waals surface area contributed by atoms with E-state index in [1.54, 1.807) is 0 Å². The molecule has 114 valence electrons. The van der Waals surface area contributed by atoms with Gasteiger partial charge in [-0.15, -0.1) is 0 Å². The molecule has 0 radical (unpaired) electrons. The van der Waals surface area contributed by atoms with Crippen molar-refractivity contribution in [1.29, 1.82) is 0 Å². The highest BCUT2D eigenvalue weighted by Crippen LogP contribution is 2.32. The Hall–Kier alpha value is -1.02. The van der Waals surface area contributed by atoms with Crippen LogP contribution in [0.25, 0.3) is 0 Å². The first-order valence-electron chi connectivity index (χ1n) is 7.82. The van der Waals surface area contributed by atoms with E-state index in [1.165, 1.54) is 11.1 Å². The third-order valence-corrected chi connectivity index (χ3v) is 3.67. The molecule has 2 heteroatoms. The summed E-state index contributed by atoms with van der Waals surface area (Å²) >= 11 is 0. The monoisotopic (exact) mass is 278 g/mol. The summed E-state index contributed by atoms with van der Waals surface area (Å²) in [6.07, 6.45) is 3.38. The van der Waals surface area contributed by atoms with Crippen molar-refractivity contribution in [3.05, 3.63) is 29.3 Å². The number of ether oxygens (including phenoxy) is 1. The smallest absolute Gasteiger partial charge is 0.123 e. The normalized spacial score (nSPS) is 13.3. The van der Waals surface area contributed by atoms with E-state index in [1.807, 2.05) is 6.92 Å². The van der Waals surface area contributed by atoms with E-state index in [0.29, 0.717) is 6.61 Å². The lowest BCUT2D eigenvalue weighted by atomic mass is 9.85. The van der Waals surface area contributed by atoms with E-state index in [-0.39, 0.29) is 11.5 Å². The summed E-state index contributed by atoms with van der Waals surface area (Å²) in [6.45, 7) is 11.5. The Balaban J connectivity index is 2.69. The van der Waals surface area contributed by atoms with Crippen LogP contribution in [0.1, 0.15) is 65.0 Å². The summed E-state index contributed by atoms with van der Waals surface area (Å²) in [4.78, 5) is 0. The van der Waals surface area contributed by atoms with Crippen molar-refractivity contribution in [2.45, 2.75) is 71.8 Å². The number of benzene rings is 1. The van der Waals surface area contributed by atoms with Gasteiger partial charge < -0.3 is 9.84 Å². The van der Waals surface area contributed by atoms with Crippen LogP contribution in [0.3, 0.4) is 0 Å². The molecular formula is C18H30O2. The average Bonchev–Trinajstić information content (AvgIpc) is 2.42. The second-order valence-electron chi connectivity index (χ2n) is 6.49. The Morgan fingerprint density at radius 2 is 1.90 bits per heavy atom. The standard InChI is InChI=1S/C18H30O2/c1-6-14-10-11-17(16(13-14)18(3,4)5)20-12-8-9-15(19)7-2/h10-11,13,15,19H,6-9,12H2,1-5H3. The predicted octanol–water partition coefficient (Wildman–Crippen LogP) is 4.48. The molecule has 20 heavy (non-hydrogen) atoms. The fourth-order valence-corrected chi connectivity index (χ4v) is 2.21. The maximum absolute atomic E-state index is 9.55. The van der Waals surface area contributed by atoms with Crippen LogP contribution in [-0.2, 0) is 11.8 Å². The highest BCUT2D eigenvalue weighted by Gasteiger charge is 2.19. The van der Waals surface area contributed by atoms with Crippen LogP contribution in [-0.4, -0.2) is 17.8 Å². The minimum Gasteiger partial charge on any atom is -0.493 e. The molecule has 0 aromatic heterocycles. The first kappa shape index (κ1) is 17.0. The van der Waals surface area contributed by atoms with E-state index < -0.39 is 0 Å². The molecule has 1 aromatic rings. The summed E-state index contributed by atoms with van der Waals surface area (Å²) in [5, 5.41) is 9.55. The van der Waals surface area contributed by atoms with Gasteiger partial charge in [0.1, 0.15) is 5.75 Å². The van der Waals surface area contributed by atoms with Crippen molar-refractivity contribution in [3.63, 3.8) is 0 Å². The lowest BCUT2D eigenvalue weighted by Crippen LogP contribution is -2.15. The number of aliphatic hydroxyl groups is 1. The molecule has 0 spiro atoms. The van der Waals surface area contributed by atoms with Gasteiger partial charge >= 0.3 is 0 Å². The van der Waals surface area contributed by atoms with Gasteiger partial charge in [-0.3, -0.25) is 0 Å². The van der Waals surface area contributed by atoms with Crippen LogP contribution in [0.2, 0.25) is 0 Å². The topological polar surface area (TPSA) is 29.5 Å². The minimum absolute atomic E-state index is 0.0868. The number of rotatable bonds is 7. The molecule has 0 saturated carbocycles. The summed E-state index contributed by atoms with van der Waals surface area (Å²) in [5.74, 6) is 0.987. The van der Waals surface area contributed by atoms with Gasteiger partial charge in [-0.1, -0.05) is 46.8 Å². The van der Waals surface area contributed by atoms with Gasteiger partial charge in [-0.2, -0.15) is 0 Å². The zero-order valence-electron chi connectivity index (χ0n) is 13.7. The molecule has 1 unspecified atom stereocenters. The molecular weight excluding hydrogens is 248 g/mol. The number of hydrogen-bond acceptors (Lipinski definition) is 2. The van der Waals surface area contributed by atoms with Crippen molar-refractivity contribution >= 4 is 0 Å². The van der Waals surface area contributed by atoms with Crippen molar-refractivity contribution in [1.82, 2.24) is 0 Å². The predicted molar refractivity (Wildman–Crippen MR) is 85.5 cm³/mol. The molecule has 0 aliphatic carbocycles. The lowest BCUT2D eigenvalue weighted by molar-refractivity contribution is 0.148. The molecule has 0 heterocycles. The second-order valence-corrected chi connectivity index (χ2v) is 6.49. The first-order chi connectivity index (χ1) is 9.38. The van der Waals surface area contributed by atoms with Gasteiger partial charge in [0.25, 0.3) is 0 Å². The van der Waals surface area contributed by atoms with Crippen molar-refractivity contribution in [3.8, 4) is 5.75 Å². The highest BCUT2D eigenvalue weighted by atomic mass is 16.5. The highest BCUT2D eigenvalue weighted by molar-refractivity contribution is 5.41. The van der Waals surface area contributed by atoms with Gasteiger partial charge in [0, 0.05) is 0 Å². The van der Waals surface area contributed by atoms with Crippen molar-refractivity contribution in [2.24, 2.45) is 0 Å². The fraction of sp³-hybridized carbons (Fsp3) is 0.667. The zero-order valence-corrected chi connectivity index (χ0v) is 13.7. The Morgan fingerprint density at radius 3 is 2.45 bits per heavy atom. The van der Waals surface area contributed by atoms with Crippen molar-refractivity contribution < 1.29 is 9.84 Å². The molecule has 0 saturated heterocycles. The Morgan fingerprint density at radius 1 is 1.20 bits per heavy atom. The van der Waals surface area contributed by atoms with E-state index in [9.17, 15) is 5.11 Å². The average molecular weight is 278 g/mol. The molecule has 1 rings (SSSR count). The Kier molecular flexibility index (Phi) is 6.54. The number of aliphatic hydroxyl groups excluding tert-OH is 1. The van der Waals surface area contributed by atoms with Crippen LogP contribution in [0, 0.1) is 0 Å². The number of hydrogen-bond donors (Lipinski definition) is 1. The molecule has 0 aliphatic heterocycles. The Bertz CT molecular complexity index is 404. The fourth-order valence-electron chi connectivity index (χ4n) is 2.21. The lowest BCUT2D eigenvalue weighted by Gasteiger charge is -2.24. The largest absolute Gasteiger partial charge is 0.493 e. The van der Waals surface area contributed by atoms with Gasteiger partial charge in [0.2, 0.25) is 0 Å². The third kappa shape index (κ3) is 5.16. The van der Waals surface area contributed by atoms with E-state index >= 15 is 0 Å². The van der Waals surface area contributed by atoms with Gasteiger partial charge in [-0.25, -0.2) is 0 Å². The molecule has 1 N–H and O–H groups in total. The molecule has 0 amide bonds. The van der Waals surface area contributed by atoms with Gasteiger partial charge in [-0.05, 0) is 48.3 Å². The van der Waals surface area contributed by atoms with Crippen molar-refractivity contribution in [2.75, 3.05) is 6.61 Å². The molecule has 0 bridgehead atoms. The van der Waals surface area contributed by atoms with Gasteiger partial charge in [0.05, 0.1) is 12.7 Å². The van der Waals surface area contributed by atoms with E-state index in [2.05, 4.69) is 45.9 Å². The van der Waals surface area contributed by atoms with Crippen LogP contribution in [0.15, 0.2) is 18.2 Å². The Labute approximate surface area is 124 Å². The molecule has 0 aliphatic rings. The van der Waals surface area contributed by atoms with E-state index in [0.717, 1.165) is 31.4 Å². The minimum atomic E-state index is -0.192. The molecule has 1 atom stereocenters. The SMILES string of the molecule is CCc1ccc(OCCCC(O)CC)c(C(C)(C)C)c1. The summed E-state index contributed by atoms with van der Waals surface area (Å²) < 4.78 is 5.95. The van der Waals surface area contributed by atoms with Crippen LogP contribution < -0.4 is 4.74 Å². The summed E-state index contributed by atoms with van der Waals surface area (Å²) in [5.41, 5.74) is 2.71. The first-order valence-corrected chi connectivity index (χ1v) is 7.82. The summed E-state index contributed by atoms with van der Waals surface area (Å²) in [6, 6.07) is 6.50. The molecule has 1 aromatic carbocycles. The maximum atomic E-state index is 9.55. The number of aryl methyl sites for hydroxylation is 1. The quantitative estimate of drug-likeness (QED) is 0.745. The van der Waals surface area contributed by atoms with Crippen LogP contribution in [0.4, 0.5) is 0 Å². The third-order valence-electron chi connectivity index (χ3n) is 3.67.